The van der Waals surface area contributed by atoms with Crippen molar-refractivity contribution in [3.8, 4) is 17.1 Å². The van der Waals surface area contributed by atoms with Crippen molar-refractivity contribution in [3.63, 3.8) is 0 Å². The fraction of sp³-hybridized carbons (Fsp3) is 0.250. The average molecular weight is 315 g/mol. The molecular weight excluding hydrogens is 298 g/mol. The molecule has 2 heterocycles. The zero-order chi connectivity index (χ0) is 15.5. The summed E-state index contributed by atoms with van der Waals surface area (Å²) in [4.78, 5) is 12.7. The quantitative estimate of drug-likeness (QED) is 0.734. The van der Waals surface area contributed by atoms with Crippen LogP contribution in [0.4, 0.5) is 0 Å². The molecule has 5 nitrogen and oxygen atoms in total. The van der Waals surface area contributed by atoms with Crippen molar-refractivity contribution in [2.24, 2.45) is 0 Å². The molecule has 3 rings (SSSR count). The molecule has 0 radical (unpaired) electrons. The van der Waals surface area contributed by atoms with Gasteiger partial charge in [0, 0.05) is 12.3 Å². The van der Waals surface area contributed by atoms with E-state index in [2.05, 4.69) is 15.0 Å². The fourth-order valence-corrected chi connectivity index (χ4v) is 3.06. The number of aromatic nitrogens is 3. The van der Waals surface area contributed by atoms with Crippen LogP contribution in [0.5, 0.6) is 5.75 Å². The Morgan fingerprint density at radius 1 is 1.27 bits per heavy atom. The summed E-state index contributed by atoms with van der Waals surface area (Å²) >= 11 is -1.00. The van der Waals surface area contributed by atoms with E-state index in [0.717, 1.165) is 27.3 Å². The highest BCUT2D eigenvalue weighted by Crippen LogP contribution is 2.32. The highest BCUT2D eigenvalue weighted by atomic mass is 32.2. The number of H-pyrrole nitrogens is 1. The summed E-state index contributed by atoms with van der Waals surface area (Å²) in [6, 6.07) is 7.48. The molecule has 1 unspecified atom stereocenters. The third-order valence-electron chi connectivity index (χ3n) is 3.32. The van der Waals surface area contributed by atoms with Crippen LogP contribution >= 0.6 is 0 Å². The van der Waals surface area contributed by atoms with Crippen molar-refractivity contribution >= 4 is 22.2 Å². The zero-order valence-electron chi connectivity index (χ0n) is 12.5. The smallest absolute Gasteiger partial charge is 0.156 e. The average Bonchev–Trinajstić information content (AvgIpc) is 2.98. The Bertz CT molecular complexity index is 755. The summed E-state index contributed by atoms with van der Waals surface area (Å²) in [6.07, 6.45) is 3.44. The van der Waals surface area contributed by atoms with Crippen LogP contribution in [0.1, 0.15) is 13.8 Å². The molecule has 3 aromatic rings. The standard InChI is InChI=1S/C16H17N3O2S/c1-3-21-15-9-11(22(20)4-2)5-6-12(15)16-18-13-7-8-17-10-14(13)19-16/h5-10H,3-4H2,1-2H3,(H,18,19). The number of hydrogen-bond donors (Lipinski definition) is 1. The predicted molar refractivity (Wildman–Crippen MR) is 87.4 cm³/mol. The number of pyridine rings is 1. The van der Waals surface area contributed by atoms with Crippen LogP contribution in [0, 0.1) is 0 Å². The highest BCUT2D eigenvalue weighted by Gasteiger charge is 2.16. The minimum Gasteiger partial charge on any atom is -0.611 e. The van der Waals surface area contributed by atoms with Gasteiger partial charge in [0.25, 0.3) is 0 Å². The Kier molecular flexibility index (Phi) is 4.31. The molecule has 114 valence electrons. The molecule has 22 heavy (non-hydrogen) atoms. The van der Waals surface area contributed by atoms with Crippen LogP contribution < -0.4 is 4.74 Å². The molecule has 0 amide bonds. The number of ether oxygens (including phenoxy) is 1. The molecule has 0 aliphatic heterocycles. The molecule has 0 aliphatic carbocycles. The number of fused-ring (bicyclic) bond motifs is 1. The number of nitrogens with one attached hydrogen (secondary N) is 1. The first-order valence-corrected chi connectivity index (χ1v) is 8.50. The second-order valence-corrected chi connectivity index (χ2v) is 6.44. The monoisotopic (exact) mass is 315 g/mol. The molecule has 1 aromatic carbocycles. The summed E-state index contributed by atoms with van der Waals surface area (Å²) < 4.78 is 17.7. The van der Waals surface area contributed by atoms with Gasteiger partial charge in [-0.3, -0.25) is 4.98 Å². The SMILES string of the molecule is CCOc1cc([S+]([O-])CC)ccc1-c1nc2cnccc2[nH]1. The van der Waals surface area contributed by atoms with E-state index in [4.69, 9.17) is 4.74 Å². The topological polar surface area (TPSA) is 73.9 Å². The van der Waals surface area contributed by atoms with Gasteiger partial charge in [-0.05, 0) is 43.2 Å². The van der Waals surface area contributed by atoms with Gasteiger partial charge < -0.3 is 14.3 Å². The number of benzene rings is 1. The molecule has 0 spiro atoms. The van der Waals surface area contributed by atoms with Gasteiger partial charge in [-0.1, -0.05) is 0 Å². The first kappa shape index (κ1) is 14.9. The van der Waals surface area contributed by atoms with Crippen LogP contribution in [-0.2, 0) is 11.2 Å². The van der Waals surface area contributed by atoms with Crippen molar-refractivity contribution in [3.05, 3.63) is 36.7 Å². The molecule has 0 fully saturated rings. The van der Waals surface area contributed by atoms with Gasteiger partial charge in [0.05, 0.1) is 23.9 Å². The molecule has 0 aliphatic rings. The molecule has 0 bridgehead atoms. The normalized spacial score (nSPS) is 12.5. The zero-order valence-corrected chi connectivity index (χ0v) is 13.3. The summed E-state index contributed by atoms with van der Waals surface area (Å²) in [5, 5.41) is 0. The number of hydrogen-bond acceptors (Lipinski definition) is 4. The minimum absolute atomic E-state index is 0.539. The number of nitrogens with zero attached hydrogens (tertiary/aromatic N) is 2. The maximum atomic E-state index is 12.0. The molecule has 6 heteroatoms. The van der Waals surface area contributed by atoms with Gasteiger partial charge in [0.15, 0.2) is 4.90 Å². The molecule has 0 saturated heterocycles. The van der Waals surface area contributed by atoms with Crippen molar-refractivity contribution in [1.82, 2.24) is 15.0 Å². The lowest BCUT2D eigenvalue weighted by Crippen LogP contribution is -2.05. The van der Waals surface area contributed by atoms with Crippen molar-refractivity contribution in [2.45, 2.75) is 18.7 Å². The second-order valence-electron chi connectivity index (χ2n) is 4.70. The Hall–Kier alpha value is -2.05. The van der Waals surface area contributed by atoms with E-state index in [1.54, 1.807) is 12.4 Å². The Morgan fingerprint density at radius 3 is 2.86 bits per heavy atom. The molecule has 2 aromatic heterocycles. The van der Waals surface area contributed by atoms with Crippen molar-refractivity contribution in [1.29, 1.82) is 0 Å². The van der Waals surface area contributed by atoms with Crippen LogP contribution in [0.3, 0.4) is 0 Å². The Labute approximate surface area is 131 Å². The van der Waals surface area contributed by atoms with E-state index in [-0.39, 0.29) is 0 Å². The van der Waals surface area contributed by atoms with Gasteiger partial charge in [-0.15, -0.1) is 0 Å². The third kappa shape index (κ3) is 2.80. The van der Waals surface area contributed by atoms with Crippen LogP contribution in [-0.4, -0.2) is 31.9 Å². The maximum absolute atomic E-state index is 12.0. The minimum atomic E-state index is -1.00. The van der Waals surface area contributed by atoms with E-state index in [0.29, 0.717) is 18.1 Å². The van der Waals surface area contributed by atoms with Gasteiger partial charge in [0.2, 0.25) is 0 Å². The summed E-state index contributed by atoms with van der Waals surface area (Å²) in [6.45, 7) is 4.36. The number of aromatic amines is 1. The molecule has 1 atom stereocenters. The first-order valence-electron chi connectivity index (χ1n) is 7.18. The van der Waals surface area contributed by atoms with Gasteiger partial charge in [-0.25, -0.2) is 4.98 Å². The molecule has 1 N–H and O–H groups in total. The van der Waals surface area contributed by atoms with E-state index in [1.165, 1.54) is 0 Å². The Balaban J connectivity index is 2.08. The van der Waals surface area contributed by atoms with Crippen LogP contribution in [0.15, 0.2) is 41.6 Å². The number of rotatable bonds is 5. The Morgan fingerprint density at radius 2 is 2.14 bits per heavy atom. The maximum Gasteiger partial charge on any atom is 0.156 e. The first-order chi connectivity index (χ1) is 10.7. The van der Waals surface area contributed by atoms with Gasteiger partial charge >= 0.3 is 0 Å². The highest BCUT2D eigenvalue weighted by molar-refractivity contribution is 7.91. The van der Waals surface area contributed by atoms with Gasteiger partial charge in [0.1, 0.15) is 22.8 Å². The van der Waals surface area contributed by atoms with E-state index in [9.17, 15) is 4.55 Å². The largest absolute Gasteiger partial charge is 0.611 e. The fourth-order valence-electron chi connectivity index (χ4n) is 2.27. The lowest BCUT2D eigenvalue weighted by Gasteiger charge is -2.12. The van der Waals surface area contributed by atoms with Crippen molar-refractivity contribution in [2.75, 3.05) is 12.4 Å². The van der Waals surface area contributed by atoms with E-state index >= 15 is 0 Å². The second kappa shape index (κ2) is 6.37. The predicted octanol–water partition coefficient (Wildman–Crippen LogP) is 3.15. The lowest BCUT2D eigenvalue weighted by molar-refractivity contribution is 0.340. The molecular formula is C16H17N3O2S. The molecule has 0 saturated carbocycles. The summed E-state index contributed by atoms with van der Waals surface area (Å²) in [5.41, 5.74) is 2.59. The van der Waals surface area contributed by atoms with Gasteiger partial charge in [-0.2, -0.15) is 0 Å². The van der Waals surface area contributed by atoms with E-state index in [1.807, 2.05) is 38.1 Å². The third-order valence-corrected chi connectivity index (χ3v) is 4.62. The lowest BCUT2D eigenvalue weighted by atomic mass is 10.2. The van der Waals surface area contributed by atoms with Crippen LogP contribution in [0.25, 0.3) is 22.4 Å². The summed E-state index contributed by atoms with van der Waals surface area (Å²) in [5.74, 6) is 2.00. The number of imidazole rings is 1. The van der Waals surface area contributed by atoms with Crippen molar-refractivity contribution < 1.29 is 9.29 Å². The summed E-state index contributed by atoms with van der Waals surface area (Å²) in [7, 11) is 0. The van der Waals surface area contributed by atoms with Crippen LogP contribution in [0.2, 0.25) is 0 Å². The van der Waals surface area contributed by atoms with E-state index < -0.39 is 11.2 Å².